The van der Waals surface area contributed by atoms with E-state index < -0.39 is 0 Å². The van der Waals surface area contributed by atoms with Crippen LogP contribution in [0.15, 0.2) is 24.8 Å². The number of rotatable bonds is 0. The average Bonchev–Trinajstić information content (AvgIpc) is 2.57. The van der Waals surface area contributed by atoms with Crippen LogP contribution in [0.2, 0.25) is 0 Å². The summed E-state index contributed by atoms with van der Waals surface area (Å²) < 4.78 is 0. The van der Waals surface area contributed by atoms with Crippen molar-refractivity contribution in [2.75, 3.05) is 0 Å². The molecule has 0 amide bonds. The first-order valence-corrected chi connectivity index (χ1v) is 4.83. The van der Waals surface area contributed by atoms with Gasteiger partial charge >= 0.3 is 0 Å². The van der Waals surface area contributed by atoms with Crippen LogP contribution in [0.3, 0.4) is 0 Å². The molecule has 0 radical (unpaired) electrons. The largest absolute Gasteiger partial charge is 0.340 e. The van der Waals surface area contributed by atoms with Crippen molar-refractivity contribution >= 4 is 21.6 Å². The molecule has 0 bridgehead atoms. The predicted octanol–water partition coefficient (Wildman–Crippen LogP) is 3.08. The van der Waals surface area contributed by atoms with Crippen LogP contribution in [0.5, 0.6) is 0 Å². The highest BCUT2D eigenvalue weighted by Crippen LogP contribution is 2.24. The average molecular weight is 187 g/mol. The molecule has 2 rings (SSSR count). The first kappa shape index (κ1) is 8.15. The molecule has 2 heterocycles. The molecule has 64 valence electrons. The van der Waals surface area contributed by atoms with Gasteiger partial charge in [0.05, 0.1) is 5.69 Å². The predicted molar refractivity (Wildman–Crippen MR) is 58.0 cm³/mol. The van der Waals surface area contributed by atoms with Crippen molar-refractivity contribution in [3.8, 4) is 11.8 Å². The molecule has 0 aromatic carbocycles. The van der Waals surface area contributed by atoms with E-state index in [2.05, 4.69) is 42.5 Å². The van der Waals surface area contributed by atoms with E-state index >= 15 is 0 Å². The number of fused-ring (bicyclic) bond motifs is 1. The Kier molecular flexibility index (Phi) is 1.96. The Morgan fingerprint density at radius 1 is 1.54 bits per heavy atom. The fraction of sp³-hybridized carbons (Fsp3) is 0.0909. The molecule has 0 aliphatic heterocycles. The number of thiophene rings is 1. The number of aromatic nitrogens is 1. The monoisotopic (exact) mass is 187 g/mol. The molecule has 2 heteroatoms. The molecule has 2 aromatic heterocycles. The Hall–Kier alpha value is -1.46. The van der Waals surface area contributed by atoms with E-state index in [0.29, 0.717) is 0 Å². The quantitative estimate of drug-likeness (QED) is 0.610. The Labute approximate surface area is 81.1 Å². The van der Waals surface area contributed by atoms with Gasteiger partial charge in [0.1, 0.15) is 4.83 Å². The molecule has 0 unspecified atom stereocenters. The van der Waals surface area contributed by atoms with E-state index in [1.165, 1.54) is 15.1 Å². The van der Waals surface area contributed by atoms with Crippen LogP contribution >= 0.6 is 11.3 Å². The van der Waals surface area contributed by atoms with Gasteiger partial charge in [-0.25, -0.2) is 0 Å². The maximum Gasteiger partial charge on any atom is 0.101 e. The second-order valence-corrected chi connectivity index (χ2v) is 4.05. The molecule has 0 aliphatic rings. The number of hydrogen-bond acceptors (Lipinski definition) is 1. The number of aryl methyl sites for hydroxylation is 1. The number of allylic oxidation sites excluding steroid dienone is 1. The zero-order valence-electron chi connectivity index (χ0n) is 7.35. The van der Waals surface area contributed by atoms with Crippen LogP contribution in [0.25, 0.3) is 10.2 Å². The third kappa shape index (κ3) is 1.51. The van der Waals surface area contributed by atoms with E-state index in [-0.39, 0.29) is 0 Å². The van der Waals surface area contributed by atoms with Gasteiger partial charge in [0, 0.05) is 10.3 Å². The van der Waals surface area contributed by atoms with Crippen LogP contribution in [-0.2, 0) is 0 Å². The summed E-state index contributed by atoms with van der Waals surface area (Å²) in [6.07, 6.45) is 1.60. The van der Waals surface area contributed by atoms with Crippen molar-refractivity contribution in [2.24, 2.45) is 0 Å². The summed E-state index contributed by atoms with van der Waals surface area (Å²) in [6.45, 7) is 5.65. The first-order valence-electron chi connectivity index (χ1n) is 4.01. The highest BCUT2D eigenvalue weighted by Gasteiger charge is 2.00. The van der Waals surface area contributed by atoms with Crippen molar-refractivity contribution < 1.29 is 0 Å². The third-order valence-electron chi connectivity index (χ3n) is 1.74. The Balaban J connectivity index is 2.50. The van der Waals surface area contributed by atoms with Gasteiger partial charge < -0.3 is 4.98 Å². The second-order valence-electron chi connectivity index (χ2n) is 2.80. The van der Waals surface area contributed by atoms with Crippen molar-refractivity contribution in [3.63, 3.8) is 0 Å². The molecule has 2 aromatic rings. The van der Waals surface area contributed by atoms with E-state index in [4.69, 9.17) is 0 Å². The molecule has 0 saturated carbocycles. The molecule has 1 nitrogen and oxygen atoms in total. The van der Waals surface area contributed by atoms with Gasteiger partial charge in [-0.3, -0.25) is 0 Å². The lowest BCUT2D eigenvalue weighted by Crippen LogP contribution is -1.68. The molecule has 13 heavy (non-hydrogen) atoms. The summed E-state index contributed by atoms with van der Waals surface area (Å²) in [7, 11) is 0. The minimum absolute atomic E-state index is 0.959. The molecule has 0 atom stereocenters. The van der Waals surface area contributed by atoms with Gasteiger partial charge in [0.15, 0.2) is 0 Å². The van der Waals surface area contributed by atoms with Gasteiger partial charge in [0.25, 0.3) is 0 Å². The standard InChI is InChI=1S/C11H9NS/c1-3-4-5-10-7-9-6-8(2)13-11(9)12-10/h3,6-7,12H,1H2,2H3. The zero-order chi connectivity index (χ0) is 9.26. The van der Waals surface area contributed by atoms with E-state index in [9.17, 15) is 0 Å². The lowest BCUT2D eigenvalue weighted by atomic mass is 10.3. The lowest BCUT2D eigenvalue weighted by molar-refractivity contribution is 1.44. The van der Waals surface area contributed by atoms with Crippen molar-refractivity contribution in [3.05, 3.63) is 35.4 Å². The maximum atomic E-state index is 3.55. The van der Waals surface area contributed by atoms with E-state index in [1.807, 2.05) is 0 Å². The van der Waals surface area contributed by atoms with Crippen molar-refractivity contribution in [2.45, 2.75) is 6.92 Å². The maximum absolute atomic E-state index is 3.55. The van der Waals surface area contributed by atoms with Crippen LogP contribution in [0.4, 0.5) is 0 Å². The highest BCUT2D eigenvalue weighted by atomic mass is 32.1. The Bertz CT molecular complexity index is 473. The highest BCUT2D eigenvalue weighted by molar-refractivity contribution is 7.18. The first-order chi connectivity index (χ1) is 6.29. The summed E-state index contributed by atoms with van der Waals surface area (Å²) in [5.41, 5.74) is 0.959. The van der Waals surface area contributed by atoms with Crippen LogP contribution in [0.1, 0.15) is 10.6 Å². The van der Waals surface area contributed by atoms with Gasteiger partial charge in [-0.15, -0.1) is 11.3 Å². The van der Waals surface area contributed by atoms with E-state index in [0.717, 1.165) is 5.69 Å². The Morgan fingerprint density at radius 2 is 2.38 bits per heavy atom. The van der Waals surface area contributed by atoms with Gasteiger partial charge in [0.2, 0.25) is 0 Å². The minimum Gasteiger partial charge on any atom is -0.340 e. The second kappa shape index (κ2) is 3.12. The van der Waals surface area contributed by atoms with Crippen LogP contribution in [0, 0.1) is 18.8 Å². The van der Waals surface area contributed by atoms with Gasteiger partial charge in [-0.2, -0.15) is 0 Å². The molecule has 0 saturated heterocycles. The minimum atomic E-state index is 0.959. The molecule has 0 spiro atoms. The lowest BCUT2D eigenvalue weighted by Gasteiger charge is -1.78. The number of hydrogen-bond donors (Lipinski definition) is 1. The normalized spacial score (nSPS) is 9.62. The third-order valence-corrected chi connectivity index (χ3v) is 2.72. The fourth-order valence-electron chi connectivity index (χ4n) is 1.25. The number of aromatic amines is 1. The van der Waals surface area contributed by atoms with Crippen LogP contribution in [-0.4, -0.2) is 4.98 Å². The fourth-order valence-corrected chi connectivity index (χ4v) is 2.15. The number of H-pyrrole nitrogens is 1. The summed E-state index contributed by atoms with van der Waals surface area (Å²) in [6, 6.07) is 4.23. The summed E-state index contributed by atoms with van der Waals surface area (Å²) in [5, 5.41) is 1.25. The van der Waals surface area contributed by atoms with Gasteiger partial charge in [-0.05, 0) is 31.1 Å². The summed E-state index contributed by atoms with van der Waals surface area (Å²) in [4.78, 5) is 5.77. The van der Waals surface area contributed by atoms with Crippen molar-refractivity contribution in [1.82, 2.24) is 4.98 Å². The smallest absolute Gasteiger partial charge is 0.101 e. The molecule has 1 N–H and O–H groups in total. The molecule has 0 fully saturated rings. The zero-order valence-corrected chi connectivity index (χ0v) is 8.16. The molecular weight excluding hydrogens is 178 g/mol. The topological polar surface area (TPSA) is 15.8 Å². The Morgan fingerprint density at radius 3 is 3.08 bits per heavy atom. The number of nitrogens with one attached hydrogen (secondary N) is 1. The van der Waals surface area contributed by atoms with Gasteiger partial charge in [-0.1, -0.05) is 12.5 Å². The summed E-state index contributed by atoms with van der Waals surface area (Å²) in [5.74, 6) is 5.79. The SMILES string of the molecule is C=CC#Cc1cc2cc(C)sc2[nH]1. The van der Waals surface area contributed by atoms with Crippen LogP contribution < -0.4 is 0 Å². The summed E-state index contributed by atoms with van der Waals surface area (Å²) >= 11 is 1.76. The van der Waals surface area contributed by atoms with Crippen molar-refractivity contribution in [1.29, 1.82) is 0 Å². The van der Waals surface area contributed by atoms with E-state index in [1.54, 1.807) is 17.4 Å². The molecule has 0 aliphatic carbocycles. The molecular formula is C11H9NS.